The lowest BCUT2D eigenvalue weighted by Gasteiger charge is -2.22. The lowest BCUT2D eigenvalue weighted by atomic mass is 10.0. The van der Waals surface area contributed by atoms with Crippen molar-refractivity contribution in [2.45, 2.75) is 33.1 Å². The molecule has 0 N–H and O–H groups in total. The minimum atomic E-state index is 0.0977. The van der Waals surface area contributed by atoms with E-state index in [1.165, 1.54) is 16.7 Å². The van der Waals surface area contributed by atoms with Gasteiger partial charge in [0.1, 0.15) is 0 Å². The number of halogens is 1. The van der Waals surface area contributed by atoms with Crippen molar-refractivity contribution in [3.8, 4) is 0 Å². The van der Waals surface area contributed by atoms with Crippen LogP contribution in [0, 0.1) is 13.8 Å². The Kier molecular flexibility index (Phi) is 5.30. The molecule has 0 aromatic heterocycles. The molecule has 0 amide bonds. The summed E-state index contributed by atoms with van der Waals surface area (Å²) >= 11 is 6.47. The minimum Gasteiger partial charge on any atom is -0.302 e. The standard InChI is InChI=1S/C14H22ClN/c1-5-16(6-2)10-14(15)13-8-7-11(3)9-12(13)4/h7-9,14H,5-6,10H2,1-4H3. The molecule has 1 aromatic rings. The first-order valence-corrected chi connectivity index (χ1v) is 6.45. The summed E-state index contributed by atoms with van der Waals surface area (Å²) in [5.41, 5.74) is 3.86. The first-order chi connectivity index (χ1) is 7.58. The fourth-order valence-electron chi connectivity index (χ4n) is 1.98. The molecule has 1 nitrogen and oxygen atoms in total. The molecular weight excluding hydrogens is 218 g/mol. The van der Waals surface area contributed by atoms with Crippen LogP contribution in [0.15, 0.2) is 18.2 Å². The zero-order valence-electron chi connectivity index (χ0n) is 10.8. The minimum absolute atomic E-state index is 0.0977. The van der Waals surface area contributed by atoms with Gasteiger partial charge in [-0.3, -0.25) is 0 Å². The SMILES string of the molecule is CCN(CC)CC(Cl)c1ccc(C)cc1C. The Morgan fingerprint density at radius 1 is 1.19 bits per heavy atom. The Bertz CT molecular complexity index is 332. The lowest BCUT2D eigenvalue weighted by Crippen LogP contribution is -2.26. The first-order valence-electron chi connectivity index (χ1n) is 6.02. The van der Waals surface area contributed by atoms with Gasteiger partial charge < -0.3 is 4.90 Å². The third-order valence-corrected chi connectivity index (χ3v) is 3.45. The maximum atomic E-state index is 6.47. The summed E-state index contributed by atoms with van der Waals surface area (Å²) in [6.45, 7) is 11.7. The van der Waals surface area contributed by atoms with Crippen LogP contribution in [0.5, 0.6) is 0 Å². The second kappa shape index (κ2) is 6.27. The molecule has 0 radical (unpaired) electrons. The maximum absolute atomic E-state index is 6.47. The highest BCUT2D eigenvalue weighted by Gasteiger charge is 2.13. The van der Waals surface area contributed by atoms with Crippen molar-refractivity contribution in [1.29, 1.82) is 0 Å². The van der Waals surface area contributed by atoms with Gasteiger partial charge in [0.05, 0.1) is 5.38 Å². The van der Waals surface area contributed by atoms with Crippen LogP contribution >= 0.6 is 11.6 Å². The molecule has 1 atom stereocenters. The van der Waals surface area contributed by atoms with Crippen LogP contribution in [0.2, 0.25) is 0 Å². The summed E-state index contributed by atoms with van der Waals surface area (Å²) in [6, 6.07) is 6.50. The predicted molar refractivity (Wildman–Crippen MR) is 72.3 cm³/mol. The molecule has 16 heavy (non-hydrogen) atoms. The number of hydrogen-bond acceptors (Lipinski definition) is 1. The van der Waals surface area contributed by atoms with E-state index in [0.717, 1.165) is 19.6 Å². The van der Waals surface area contributed by atoms with Crippen molar-refractivity contribution in [3.63, 3.8) is 0 Å². The number of nitrogens with zero attached hydrogens (tertiary/aromatic N) is 1. The summed E-state index contributed by atoms with van der Waals surface area (Å²) in [6.07, 6.45) is 0. The number of rotatable bonds is 5. The summed E-state index contributed by atoms with van der Waals surface area (Å²) in [4.78, 5) is 2.36. The highest BCUT2D eigenvalue weighted by atomic mass is 35.5. The molecule has 1 aromatic carbocycles. The Hall–Kier alpha value is -0.530. The maximum Gasteiger partial charge on any atom is 0.0714 e. The van der Waals surface area contributed by atoms with E-state index in [4.69, 9.17) is 11.6 Å². The number of likely N-dealkylation sites (N-methyl/N-ethyl adjacent to an activating group) is 1. The van der Waals surface area contributed by atoms with E-state index in [0.29, 0.717) is 0 Å². The predicted octanol–water partition coefficient (Wildman–Crippen LogP) is 3.93. The van der Waals surface area contributed by atoms with Crippen LogP contribution in [0.1, 0.15) is 35.9 Å². The topological polar surface area (TPSA) is 3.24 Å². The van der Waals surface area contributed by atoms with Crippen LogP contribution in [0.25, 0.3) is 0 Å². The van der Waals surface area contributed by atoms with Gasteiger partial charge in [-0.15, -0.1) is 11.6 Å². The fourth-order valence-corrected chi connectivity index (χ4v) is 2.42. The van der Waals surface area contributed by atoms with E-state index >= 15 is 0 Å². The van der Waals surface area contributed by atoms with Gasteiger partial charge in [0.25, 0.3) is 0 Å². The molecule has 0 aliphatic rings. The molecule has 2 heteroatoms. The van der Waals surface area contributed by atoms with Gasteiger partial charge in [0, 0.05) is 6.54 Å². The van der Waals surface area contributed by atoms with Gasteiger partial charge in [0.2, 0.25) is 0 Å². The Morgan fingerprint density at radius 2 is 1.81 bits per heavy atom. The van der Waals surface area contributed by atoms with Crippen LogP contribution < -0.4 is 0 Å². The Labute approximate surface area is 104 Å². The van der Waals surface area contributed by atoms with Crippen LogP contribution in [0.4, 0.5) is 0 Å². The smallest absolute Gasteiger partial charge is 0.0714 e. The quantitative estimate of drug-likeness (QED) is 0.704. The van der Waals surface area contributed by atoms with E-state index < -0.39 is 0 Å². The van der Waals surface area contributed by atoms with E-state index in [1.54, 1.807) is 0 Å². The van der Waals surface area contributed by atoms with Gasteiger partial charge in [-0.05, 0) is 38.1 Å². The number of benzene rings is 1. The van der Waals surface area contributed by atoms with Crippen molar-refractivity contribution in [3.05, 3.63) is 34.9 Å². The van der Waals surface area contributed by atoms with Gasteiger partial charge in [-0.1, -0.05) is 37.6 Å². The Balaban J connectivity index is 2.76. The van der Waals surface area contributed by atoms with E-state index in [-0.39, 0.29) is 5.38 Å². The summed E-state index contributed by atoms with van der Waals surface area (Å²) in [5, 5.41) is 0.0977. The molecule has 90 valence electrons. The average Bonchev–Trinajstić information content (AvgIpc) is 2.25. The summed E-state index contributed by atoms with van der Waals surface area (Å²) in [5.74, 6) is 0. The zero-order chi connectivity index (χ0) is 12.1. The van der Waals surface area contributed by atoms with Crippen molar-refractivity contribution in [2.75, 3.05) is 19.6 Å². The number of hydrogen-bond donors (Lipinski definition) is 0. The van der Waals surface area contributed by atoms with Crippen LogP contribution in [0.3, 0.4) is 0 Å². The molecule has 1 rings (SSSR count). The second-order valence-corrected chi connectivity index (χ2v) is 4.84. The van der Waals surface area contributed by atoms with E-state index in [9.17, 15) is 0 Å². The van der Waals surface area contributed by atoms with Crippen molar-refractivity contribution in [1.82, 2.24) is 4.90 Å². The molecule has 0 fully saturated rings. The summed E-state index contributed by atoms with van der Waals surface area (Å²) in [7, 11) is 0. The number of aryl methyl sites for hydroxylation is 2. The van der Waals surface area contributed by atoms with Crippen molar-refractivity contribution in [2.24, 2.45) is 0 Å². The fraction of sp³-hybridized carbons (Fsp3) is 0.571. The molecule has 0 saturated carbocycles. The molecule has 0 aliphatic heterocycles. The summed E-state index contributed by atoms with van der Waals surface area (Å²) < 4.78 is 0. The van der Waals surface area contributed by atoms with Crippen LogP contribution in [-0.2, 0) is 0 Å². The largest absolute Gasteiger partial charge is 0.302 e. The molecule has 0 bridgehead atoms. The Morgan fingerprint density at radius 3 is 2.31 bits per heavy atom. The van der Waals surface area contributed by atoms with Gasteiger partial charge in [-0.2, -0.15) is 0 Å². The molecule has 1 unspecified atom stereocenters. The molecule has 0 spiro atoms. The zero-order valence-corrected chi connectivity index (χ0v) is 11.5. The van der Waals surface area contributed by atoms with Crippen LogP contribution in [-0.4, -0.2) is 24.5 Å². The van der Waals surface area contributed by atoms with Gasteiger partial charge >= 0.3 is 0 Å². The highest BCUT2D eigenvalue weighted by molar-refractivity contribution is 6.21. The third-order valence-electron chi connectivity index (χ3n) is 3.08. The van der Waals surface area contributed by atoms with E-state index in [1.807, 2.05) is 0 Å². The molecule has 0 aliphatic carbocycles. The van der Waals surface area contributed by atoms with Gasteiger partial charge in [0.15, 0.2) is 0 Å². The van der Waals surface area contributed by atoms with Crippen molar-refractivity contribution < 1.29 is 0 Å². The normalized spacial score (nSPS) is 13.1. The van der Waals surface area contributed by atoms with E-state index in [2.05, 4.69) is 50.8 Å². The molecule has 0 saturated heterocycles. The number of alkyl halides is 1. The third kappa shape index (κ3) is 3.50. The van der Waals surface area contributed by atoms with Crippen molar-refractivity contribution >= 4 is 11.6 Å². The van der Waals surface area contributed by atoms with Gasteiger partial charge in [-0.25, -0.2) is 0 Å². The highest BCUT2D eigenvalue weighted by Crippen LogP contribution is 2.25. The molecular formula is C14H22ClN. The monoisotopic (exact) mass is 239 g/mol. The average molecular weight is 240 g/mol. The first kappa shape index (κ1) is 13.5. The molecule has 0 heterocycles. The second-order valence-electron chi connectivity index (χ2n) is 4.31. The lowest BCUT2D eigenvalue weighted by molar-refractivity contribution is 0.304.